The lowest BCUT2D eigenvalue weighted by molar-refractivity contribution is -0.179. The number of piperidine rings is 1. The molecular weight excluding hydrogens is 933 g/mol. The third-order valence-electron chi connectivity index (χ3n) is 16.9. The molecule has 2 saturated carbocycles. The molecular formula is C58H88N2O13. The highest BCUT2D eigenvalue weighted by Gasteiger charge is 2.55. The van der Waals surface area contributed by atoms with E-state index in [1.165, 1.54) is 12.0 Å². The highest BCUT2D eigenvalue weighted by atomic mass is 16.5. The number of anilines is 1. The Kier molecular flexibility index (Phi) is 22.9. The number of nitrogens with one attached hydrogen (secondary N) is 1. The number of rotatable bonds is 15. The van der Waals surface area contributed by atoms with E-state index in [0.717, 1.165) is 30.4 Å². The zero-order valence-corrected chi connectivity index (χ0v) is 45.3. The summed E-state index contributed by atoms with van der Waals surface area (Å²) in [5.41, 5.74) is 0.706. The molecule has 0 spiro atoms. The average Bonchev–Trinajstić information content (AvgIpc) is 3.37. The lowest BCUT2D eigenvalue weighted by Gasteiger charge is -2.47. The predicted octanol–water partition coefficient (Wildman–Crippen LogP) is 8.16. The Morgan fingerprint density at radius 2 is 1.62 bits per heavy atom. The summed E-state index contributed by atoms with van der Waals surface area (Å²) in [7, 11) is 6.25. The van der Waals surface area contributed by atoms with E-state index < -0.39 is 71.3 Å². The summed E-state index contributed by atoms with van der Waals surface area (Å²) in [5.74, 6) is -5.50. The van der Waals surface area contributed by atoms with Crippen molar-refractivity contribution in [3.8, 4) is 0 Å². The summed E-state index contributed by atoms with van der Waals surface area (Å²) < 4.78 is 29.3. The number of cyclic esters (lactones) is 1. The number of carbonyl (C=O) groups excluding carboxylic acids is 6. The number of fused-ring (bicyclic) bond motifs is 3. The van der Waals surface area contributed by atoms with Gasteiger partial charge in [-0.25, -0.2) is 4.79 Å². The van der Waals surface area contributed by atoms with Crippen LogP contribution in [0.15, 0.2) is 48.6 Å². The number of esters is 2. The molecule has 408 valence electrons. The van der Waals surface area contributed by atoms with Gasteiger partial charge < -0.3 is 44.1 Å². The van der Waals surface area contributed by atoms with Crippen LogP contribution in [-0.4, -0.2) is 128 Å². The van der Waals surface area contributed by atoms with E-state index in [2.05, 4.69) is 18.8 Å². The van der Waals surface area contributed by atoms with Crippen molar-refractivity contribution in [2.45, 2.75) is 186 Å². The Bertz CT molecular complexity index is 2060. The molecule has 0 radical (unpaired) electrons. The lowest BCUT2D eigenvalue weighted by Crippen LogP contribution is -2.61. The van der Waals surface area contributed by atoms with Crippen LogP contribution >= 0.6 is 0 Å². The summed E-state index contributed by atoms with van der Waals surface area (Å²) in [6, 6.07) is 6.52. The van der Waals surface area contributed by atoms with Crippen LogP contribution in [0, 0.1) is 47.3 Å². The smallest absolute Gasteiger partial charge is 0.329 e. The zero-order valence-electron chi connectivity index (χ0n) is 45.3. The second-order valence-corrected chi connectivity index (χ2v) is 22.3. The van der Waals surface area contributed by atoms with Gasteiger partial charge in [-0.1, -0.05) is 57.6 Å². The van der Waals surface area contributed by atoms with Gasteiger partial charge in [-0.15, -0.1) is 6.58 Å². The van der Waals surface area contributed by atoms with Crippen molar-refractivity contribution in [1.29, 1.82) is 0 Å². The molecule has 1 aromatic carbocycles. The molecule has 15 heteroatoms. The maximum absolute atomic E-state index is 14.7. The lowest BCUT2D eigenvalue weighted by atomic mass is 9.65. The number of carbonyl (C=O) groups is 6. The van der Waals surface area contributed by atoms with Crippen LogP contribution in [0.2, 0.25) is 0 Å². The quantitative estimate of drug-likeness (QED) is 0.0863. The van der Waals surface area contributed by atoms with E-state index in [9.17, 15) is 39.0 Å². The number of amides is 2. The molecule has 2 aliphatic heterocycles. The number of nitrogens with zero attached hydrogens (tertiary/aromatic N) is 1. The van der Waals surface area contributed by atoms with Gasteiger partial charge in [0.1, 0.15) is 23.5 Å². The monoisotopic (exact) mass is 1020 g/mol. The number of Topliss-reactive ketones (excluding diaryl/α,β-unsaturated/α-hetero) is 2. The Balaban J connectivity index is 1.37. The van der Waals surface area contributed by atoms with E-state index in [1.54, 1.807) is 41.3 Å². The van der Waals surface area contributed by atoms with E-state index in [-0.39, 0.29) is 85.8 Å². The van der Waals surface area contributed by atoms with E-state index in [1.807, 2.05) is 44.2 Å². The molecule has 2 heterocycles. The molecule has 1 saturated heterocycles. The highest BCUT2D eigenvalue weighted by Crippen LogP contribution is 2.44. The van der Waals surface area contributed by atoms with Crippen LogP contribution in [0.1, 0.15) is 143 Å². The van der Waals surface area contributed by atoms with Gasteiger partial charge in [0.15, 0.2) is 0 Å². The fourth-order valence-corrected chi connectivity index (χ4v) is 12.6. The normalized spacial score (nSPS) is 34.5. The molecule has 0 aromatic heterocycles. The minimum atomic E-state index is -2.03. The standard InChI is InChI=1S/C58H88N2O13/c1-11-15-42-27-35(2)26-36(3)28-50(70-8)45-34-58(68,38(5)30-51(45)71-9)55(65)56(66)60-25-13-12-17-46(60)57(67)73-54(39(6)47(61)33-48(42)62)37(4)29-41-19-22-43(49(31-41)69-7)32-52(63)59-44-23-20-40(21-24-44)16-14-18-53(64)72-10/h11,20-21,23-24,27,36-39,41-43,45-47,49-51,54,61,68H,1,12-19,22,25-26,28-34H2,2-10H3,(H,59,63)/b35-27+/t36-,37?,38+,39+,41-,42+,43-,45?,46?,47-,49?,50-,51-,54+,58-/m0/s1. The van der Waals surface area contributed by atoms with E-state index in [4.69, 9.17) is 23.7 Å². The minimum Gasteiger partial charge on any atom is -0.469 e. The highest BCUT2D eigenvalue weighted by molar-refractivity contribution is 6.39. The van der Waals surface area contributed by atoms with Gasteiger partial charge in [0.25, 0.3) is 11.7 Å². The van der Waals surface area contributed by atoms with Gasteiger partial charge in [0, 0.05) is 70.6 Å². The SMILES string of the molecule is C=CC[C@@H]1/C=C(\C)C[C@H](C)C[C@H](OC)C2C[C@@](O)(C(=O)C(=O)N3CCCCC3C(=O)O[C@H](C(C)C[C@@H]3CC[C@@H](CC(=O)Nc4ccc(CCCC(=O)OC)cc4)C(OC)C3)[C@H](C)[C@@H](O)CC1=O)[C@H](C)C[C@@H]2OC. The molecule has 2 amide bonds. The third-order valence-corrected chi connectivity index (χ3v) is 16.9. The van der Waals surface area contributed by atoms with Crippen LogP contribution in [-0.2, 0) is 58.9 Å². The molecule has 3 N–H and O–H groups in total. The first-order chi connectivity index (χ1) is 34.8. The zero-order chi connectivity index (χ0) is 53.6. The van der Waals surface area contributed by atoms with Gasteiger partial charge in [-0.3, -0.25) is 24.0 Å². The first kappa shape index (κ1) is 59.6. The molecule has 15 atom stereocenters. The van der Waals surface area contributed by atoms with Crippen LogP contribution in [0.3, 0.4) is 0 Å². The minimum absolute atomic E-state index is 0.0294. The maximum atomic E-state index is 14.7. The molecule has 3 fully saturated rings. The second-order valence-electron chi connectivity index (χ2n) is 22.3. The molecule has 2 bridgehead atoms. The Labute approximate surface area is 434 Å². The summed E-state index contributed by atoms with van der Waals surface area (Å²) in [5, 5.41) is 27.4. The van der Waals surface area contributed by atoms with Crippen molar-refractivity contribution >= 4 is 41.0 Å². The number of ether oxygens (including phenoxy) is 5. The van der Waals surface area contributed by atoms with Crippen molar-refractivity contribution in [3.63, 3.8) is 0 Å². The number of ketones is 2. The largest absolute Gasteiger partial charge is 0.469 e. The predicted molar refractivity (Wildman–Crippen MR) is 278 cm³/mol. The average molecular weight is 1020 g/mol. The Hall–Kier alpha value is -4.28. The Morgan fingerprint density at radius 3 is 2.27 bits per heavy atom. The first-order valence-electron chi connectivity index (χ1n) is 27.1. The van der Waals surface area contributed by atoms with Crippen molar-refractivity contribution in [1.82, 2.24) is 4.90 Å². The summed E-state index contributed by atoms with van der Waals surface area (Å²) in [4.78, 5) is 84.0. The van der Waals surface area contributed by atoms with Crippen LogP contribution in [0.5, 0.6) is 0 Å². The number of aryl methyl sites for hydroxylation is 1. The van der Waals surface area contributed by atoms with Crippen molar-refractivity contribution < 1.29 is 62.7 Å². The van der Waals surface area contributed by atoms with E-state index >= 15 is 0 Å². The summed E-state index contributed by atoms with van der Waals surface area (Å²) in [6.45, 7) is 13.7. The number of aliphatic hydroxyl groups excluding tert-OH is 1. The molecule has 1 aromatic rings. The summed E-state index contributed by atoms with van der Waals surface area (Å²) >= 11 is 0. The van der Waals surface area contributed by atoms with Crippen LogP contribution < -0.4 is 5.32 Å². The molecule has 2 aliphatic carbocycles. The van der Waals surface area contributed by atoms with Gasteiger partial charge in [0.2, 0.25) is 5.91 Å². The van der Waals surface area contributed by atoms with Gasteiger partial charge in [-0.2, -0.15) is 0 Å². The first-order valence-corrected chi connectivity index (χ1v) is 27.1. The Morgan fingerprint density at radius 1 is 0.932 bits per heavy atom. The number of aliphatic hydroxyl groups is 2. The fraction of sp³-hybridized carbons (Fsp3) is 0.724. The maximum Gasteiger partial charge on any atom is 0.329 e. The molecule has 5 rings (SSSR count). The van der Waals surface area contributed by atoms with Crippen LogP contribution in [0.4, 0.5) is 5.69 Å². The number of hydrogen-bond donors (Lipinski definition) is 3. The molecule has 15 nitrogen and oxygen atoms in total. The number of hydrogen-bond acceptors (Lipinski definition) is 13. The van der Waals surface area contributed by atoms with Gasteiger partial charge in [0.05, 0.1) is 31.5 Å². The van der Waals surface area contributed by atoms with E-state index in [0.29, 0.717) is 69.9 Å². The third kappa shape index (κ3) is 15.9. The molecule has 4 unspecified atom stereocenters. The fourth-order valence-electron chi connectivity index (χ4n) is 12.6. The number of benzene rings is 1. The van der Waals surface area contributed by atoms with Crippen molar-refractivity contribution in [2.24, 2.45) is 47.3 Å². The number of methoxy groups -OCH3 is 4. The summed E-state index contributed by atoms with van der Waals surface area (Å²) in [6.07, 6.45) is 8.54. The molecule has 4 aliphatic rings. The second kappa shape index (κ2) is 28.0. The van der Waals surface area contributed by atoms with Crippen molar-refractivity contribution in [2.75, 3.05) is 40.3 Å². The van der Waals surface area contributed by atoms with Crippen molar-refractivity contribution in [3.05, 3.63) is 54.1 Å². The van der Waals surface area contributed by atoms with Gasteiger partial charge in [-0.05, 0) is 144 Å². The topological polar surface area (TPSA) is 204 Å². The van der Waals surface area contributed by atoms with Gasteiger partial charge >= 0.3 is 11.9 Å². The van der Waals surface area contributed by atoms with Crippen LogP contribution in [0.25, 0.3) is 0 Å². The number of allylic oxidation sites excluding steroid dienone is 3. The molecule has 73 heavy (non-hydrogen) atoms.